The summed E-state index contributed by atoms with van der Waals surface area (Å²) in [5.74, 6) is 0.986. The molecule has 0 aromatic heterocycles. The van der Waals surface area contributed by atoms with Gasteiger partial charge in [-0.15, -0.1) is 0 Å². The summed E-state index contributed by atoms with van der Waals surface area (Å²) >= 11 is 0. The molecule has 108 valence electrons. The lowest BCUT2D eigenvalue weighted by Gasteiger charge is -2.26. The predicted octanol–water partition coefficient (Wildman–Crippen LogP) is 1.87. The Bertz CT molecular complexity index is 320. The molecular weight excluding hydrogens is 248 g/mol. The first kappa shape index (κ1) is 15.9. The Kier molecular flexibility index (Phi) is 6.60. The summed E-state index contributed by atoms with van der Waals surface area (Å²) in [6.07, 6.45) is 4.94. The van der Waals surface area contributed by atoms with Crippen molar-refractivity contribution in [2.45, 2.75) is 65.0 Å². The van der Waals surface area contributed by atoms with Gasteiger partial charge in [0.1, 0.15) is 0 Å². The predicted molar refractivity (Wildman–Crippen MR) is 76.1 cm³/mol. The number of hydrogen-bond donors (Lipinski definition) is 2. The molecule has 0 unspecified atom stereocenters. The topological polar surface area (TPSA) is 58.2 Å². The van der Waals surface area contributed by atoms with E-state index in [2.05, 4.69) is 30.8 Å². The van der Waals surface area contributed by atoms with Gasteiger partial charge in [0.15, 0.2) is 0 Å². The van der Waals surface area contributed by atoms with Gasteiger partial charge in [-0.1, -0.05) is 20.8 Å². The van der Waals surface area contributed by atoms with Gasteiger partial charge in [0.05, 0.1) is 5.75 Å². The van der Waals surface area contributed by atoms with E-state index in [0.717, 1.165) is 38.1 Å². The van der Waals surface area contributed by atoms with Crippen LogP contribution in [0.25, 0.3) is 0 Å². The van der Waals surface area contributed by atoms with Gasteiger partial charge in [-0.3, -0.25) is 0 Å². The number of rotatable bonds is 7. The van der Waals surface area contributed by atoms with Gasteiger partial charge in [-0.05, 0) is 44.6 Å². The molecule has 0 spiro atoms. The first-order valence-corrected chi connectivity index (χ1v) is 8.77. The van der Waals surface area contributed by atoms with Crippen LogP contribution in [0.4, 0.5) is 0 Å². The molecule has 1 aliphatic rings. The molecule has 1 saturated carbocycles. The van der Waals surface area contributed by atoms with Crippen LogP contribution in [-0.4, -0.2) is 32.8 Å². The summed E-state index contributed by atoms with van der Waals surface area (Å²) in [6, 6.07) is 0.588. The second-order valence-electron chi connectivity index (χ2n) is 5.86. The van der Waals surface area contributed by atoms with E-state index in [0.29, 0.717) is 12.5 Å². The van der Waals surface area contributed by atoms with Crippen LogP contribution < -0.4 is 10.0 Å². The Morgan fingerprint density at radius 2 is 1.78 bits per heavy atom. The maximum atomic E-state index is 11.9. The van der Waals surface area contributed by atoms with Crippen LogP contribution in [0.5, 0.6) is 0 Å². The molecule has 0 aromatic rings. The number of nitrogens with one attached hydrogen (secondary N) is 2. The second-order valence-corrected chi connectivity index (χ2v) is 7.73. The zero-order valence-electron chi connectivity index (χ0n) is 11.9. The van der Waals surface area contributed by atoms with Crippen molar-refractivity contribution in [3.05, 3.63) is 0 Å². The monoisotopic (exact) mass is 276 g/mol. The average Bonchev–Trinajstić information content (AvgIpc) is 2.27. The standard InChI is InChI=1S/C13H28N2O2S/c1-11(2)14-9-4-10-18(16,17)15-13-7-5-12(3)6-8-13/h11-15H,4-10H2,1-3H3. The summed E-state index contributed by atoms with van der Waals surface area (Å²) in [7, 11) is -3.09. The van der Waals surface area contributed by atoms with Gasteiger partial charge in [-0.25, -0.2) is 13.1 Å². The summed E-state index contributed by atoms with van der Waals surface area (Å²) in [5.41, 5.74) is 0. The van der Waals surface area contributed by atoms with Crippen molar-refractivity contribution in [1.82, 2.24) is 10.0 Å². The Labute approximate surface area is 112 Å². The van der Waals surface area contributed by atoms with Gasteiger partial charge >= 0.3 is 0 Å². The van der Waals surface area contributed by atoms with Crippen LogP contribution in [0.1, 0.15) is 52.9 Å². The fourth-order valence-electron chi connectivity index (χ4n) is 2.34. The molecule has 1 aliphatic carbocycles. The van der Waals surface area contributed by atoms with Crippen LogP contribution >= 0.6 is 0 Å². The van der Waals surface area contributed by atoms with E-state index in [1.807, 2.05) is 0 Å². The van der Waals surface area contributed by atoms with Gasteiger partial charge < -0.3 is 5.32 Å². The largest absolute Gasteiger partial charge is 0.314 e. The van der Waals surface area contributed by atoms with Crippen molar-refractivity contribution in [3.8, 4) is 0 Å². The SMILES string of the molecule is CC1CCC(NS(=O)(=O)CCCNC(C)C)CC1. The second kappa shape index (κ2) is 7.46. The lowest BCUT2D eigenvalue weighted by atomic mass is 9.88. The Morgan fingerprint density at radius 3 is 2.33 bits per heavy atom. The minimum atomic E-state index is -3.09. The van der Waals surface area contributed by atoms with Crippen LogP contribution in [-0.2, 0) is 10.0 Å². The maximum Gasteiger partial charge on any atom is 0.211 e. The molecule has 1 rings (SSSR count). The molecule has 0 amide bonds. The van der Waals surface area contributed by atoms with E-state index in [9.17, 15) is 8.42 Å². The minimum Gasteiger partial charge on any atom is -0.314 e. The van der Waals surface area contributed by atoms with Crippen molar-refractivity contribution >= 4 is 10.0 Å². The van der Waals surface area contributed by atoms with E-state index in [1.165, 1.54) is 0 Å². The highest BCUT2D eigenvalue weighted by Gasteiger charge is 2.22. The van der Waals surface area contributed by atoms with E-state index < -0.39 is 10.0 Å². The Hall–Kier alpha value is -0.130. The fraction of sp³-hybridized carbons (Fsp3) is 1.00. The molecule has 5 heteroatoms. The van der Waals surface area contributed by atoms with Crippen molar-refractivity contribution in [1.29, 1.82) is 0 Å². The molecule has 0 atom stereocenters. The summed E-state index contributed by atoms with van der Waals surface area (Å²) in [4.78, 5) is 0. The third-order valence-corrected chi connectivity index (χ3v) is 5.02. The van der Waals surface area contributed by atoms with E-state index in [1.54, 1.807) is 0 Å². The van der Waals surface area contributed by atoms with E-state index in [4.69, 9.17) is 0 Å². The van der Waals surface area contributed by atoms with Crippen molar-refractivity contribution < 1.29 is 8.42 Å². The van der Waals surface area contributed by atoms with Crippen molar-refractivity contribution in [3.63, 3.8) is 0 Å². The highest BCUT2D eigenvalue weighted by Crippen LogP contribution is 2.23. The van der Waals surface area contributed by atoms with E-state index in [-0.39, 0.29) is 11.8 Å². The first-order chi connectivity index (χ1) is 8.39. The third-order valence-electron chi connectivity index (χ3n) is 3.50. The molecule has 0 heterocycles. The summed E-state index contributed by atoms with van der Waals surface area (Å²) < 4.78 is 26.6. The normalized spacial score (nSPS) is 25.6. The molecule has 0 saturated heterocycles. The molecule has 0 aliphatic heterocycles. The van der Waals surface area contributed by atoms with Crippen LogP contribution in [0, 0.1) is 5.92 Å². The van der Waals surface area contributed by atoms with E-state index >= 15 is 0 Å². The fourth-order valence-corrected chi connectivity index (χ4v) is 3.73. The molecule has 4 nitrogen and oxygen atoms in total. The smallest absolute Gasteiger partial charge is 0.211 e. The lowest BCUT2D eigenvalue weighted by Crippen LogP contribution is -2.39. The van der Waals surface area contributed by atoms with Gasteiger partial charge in [0, 0.05) is 12.1 Å². The molecule has 0 bridgehead atoms. The molecule has 18 heavy (non-hydrogen) atoms. The van der Waals surface area contributed by atoms with Gasteiger partial charge in [0.2, 0.25) is 10.0 Å². The number of hydrogen-bond acceptors (Lipinski definition) is 3. The molecular formula is C13H28N2O2S. The quantitative estimate of drug-likeness (QED) is 0.698. The van der Waals surface area contributed by atoms with Crippen molar-refractivity contribution in [2.24, 2.45) is 5.92 Å². The molecule has 0 radical (unpaired) electrons. The highest BCUT2D eigenvalue weighted by atomic mass is 32.2. The number of sulfonamides is 1. The minimum absolute atomic E-state index is 0.171. The first-order valence-electron chi connectivity index (χ1n) is 7.12. The van der Waals surface area contributed by atoms with Crippen LogP contribution in [0.2, 0.25) is 0 Å². The van der Waals surface area contributed by atoms with Gasteiger partial charge in [-0.2, -0.15) is 0 Å². The maximum absolute atomic E-state index is 11.9. The zero-order chi connectivity index (χ0) is 13.6. The highest BCUT2D eigenvalue weighted by molar-refractivity contribution is 7.89. The molecule has 0 aromatic carbocycles. The Balaban J connectivity index is 2.22. The zero-order valence-corrected chi connectivity index (χ0v) is 12.7. The Morgan fingerprint density at radius 1 is 1.17 bits per heavy atom. The van der Waals surface area contributed by atoms with Crippen LogP contribution in [0.15, 0.2) is 0 Å². The third kappa shape index (κ3) is 6.71. The summed E-state index contributed by atoms with van der Waals surface area (Å²) in [6.45, 7) is 7.13. The average molecular weight is 276 g/mol. The molecule has 1 fully saturated rings. The van der Waals surface area contributed by atoms with Crippen molar-refractivity contribution in [2.75, 3.05) is 12.3 Å². The molecule has 2 N–H and O–H groups in total. The van der Waals surface area contributed by atoms with Gasteiger partial charge in [0.25, 0.3) is 0 Å². The summed E-state index contributed by atoms with van der Waals surface area (Å²) in [5, 5.41) is 3.24. The van der Waals surface area contributed by atoms with Crippen LogP contribution in [0.3, 0.4) is 0 Å². The lowest BCUT2D eigenvalue weighted by molar-refractivity contribution is 0.332.